The first-order chi connectivity index (χ1) is 27.3. The molecule has 254 valence electrons. The molecule has 12 rings (SSSR count). The van der Waals surface area contributed by atoms with Crippen LogP contribution in [0.15, 0.2) is 176 Å². The lowest BCUT2D eigenvalue weighted by Gasteiger charge is -2.14. The third kappa shape index (κ3) is 4.59. The van der Waals surface area contributed by atoms with E-state index in [0.717, 1.165) is 27.5 Å². The summed E-state index contributed by atoms with van der Waals surface area (Å²) in [6, 6.07) is 63.0. The monoisotopic (exact) mass is 715 g/mol. The van der Waals surface area contributed by atoms with Crippen LogP contribution in [-0.2, 0) is 0 Å². The van der Waals surface area contributed by atoms with Gasteiger partial charge in [-0.2, -0.15) is 0 Å². The van der Waals surface area contributed by atoms with Gasteiger partial charge in [0, 0.05) is 47.8 Å². The summed E-state index contributed by atoms with van der Waals surface area (Å²) in [6.45, 7) is 0. The molecule has 0 unspecified atom stereocenters. The molecular formula is C51H29N3S. The van der Waals surface area contributed by atoms with Gasteiger partial charge >= 0.3 is 0 Å². The van der Waals surface area contributed by atoms with Gasteiger partial charge in [-0.3, -0.25) is 0 Å². The van der Waals surface area contributed by atoms with E-state index in [0.29, 0.717) is 17.5 Å². The topological polar surface area (TPSA) is 38.7 Å². The van der Waals surface area contributed by atoms with Gasteiger partial charge in [0.15, 0.2) is 17.5 Å². The summed E-state index contributed by atoms with van der Waals surface area (Å²) in [5, 5.41) is 9.93. The van der Waals surface area contributed by atoms with Crippen molar-refractivity contribution in [2.75, 3.05) is 0 Å². The molecule has 0 amide bonds. The van der Waals surface area contributed by atoms with Crippen LogP contribution in [0.25, 0.3) is 120 Å². The van der Waals surface area contributed by atoms with E-state index in [4.69, 9.17) is 15.0 Å². The maximum Gasteiger partial charge on any atom is 0.164 e. The molecule has 9 aromatic carbocycles. The number of rotatable bonds is 4. The van der Waals surface area contributed by atoms with Crippen molar-refractivity contribution in [3.05, 3.63) is 176 Å². The summed E-state index contributed by atoms with van der Waals surface area (Å²) >= 11 is 1.91. The molecule has 2 heterocycles. The van der Waals surface area contributed by atoms with Crippen LogP contribution in [0.1, 0.15) is 0 Å². The number of fused-ring (bicyclic) bond motifs is 9. The Morgan fingerprint density at radius 1 is 0.291 bits per heavy atom. The standard InChI is InChI=1S/C51H29N3S/c1-2-13-31(14-3-1)49-52-50(33-25-24-30-12-4-5-15-32(30)28-33)54-51(53-49)42-27-26-38(34-16-6-8-18-36(34)42)40-21-11-22-41-45-29-44-37-19-9-7-17-35(37)39-20-10-23-43(46(39)44)48(45)55-47(40)41/h1-29H. The maximum atomic E-state index is 5.18. The van der Waals surface area contributed by atoms with Crippen LogP contribution in [0.2, 0.25) is 0 Å². The molecule has 0 saturated heterocycles. The van der Waals surface area contributed by atoms with Gasteiger partial charge in [-0.15, -0.1) is 11.3 Å². The molecular weight excluding hydrogens is 687 g/mol. The highest BCUT2D eigenvalue weighted by Crippen LogP contribution is 2.53. The molecule has 1 aliphatic carbocycles. The van der Waals surface area contributed by atoms with Crippen molar-refractivity contribution in [1.29, 1.82) is 0 Å². The molecule has 55 heavy (non-hydrogen) atoms. The molecule has 0 radical (unpaired) electrons. The third-order valence-corrected chi connectivity index (χ3v) is 12.5. The predicted molar refractivity (Wildman–Crippen MR) is 231 cm³/mol. The summed E-state index contributed by atoms with van der Waals surface area (Å²) in [4.78, 5) is 15.4. The molecule has 0 spiro atoms. The van der Waals surface area contributed by atoms with Gasteiger partial charge in [-0.05, 0) is 72.9 Å². The van der Waals surface area contributed by atoms with Crippen LogP contribution in [0.5, 0.6) is 0 Å². The van der Waals surface area contributed by atoms with Crippen molar-refractivity contribution in [3.63, 3.8) is 0 Å². The normalized spacial score (nSPS) is 12.0. The average Bonchev–Trinajstić information content (AvgIpc) is 3.80. The first kappa shape index (κ1) is 30.5. The lowest BCUT2D eigenvalue weighted by atomic mass is 9.93. The SMILES string of the molecule is c1ccc(-c2nc(-c3ccc4ccccc4c3)nc(-c3ccc(-c4cccc5c4sc4c6cccc7c6c(cc54)-c4ccccc4-7)c4ccccc34)n2)cc1. The summed E-state index contributed by atoms with van der Waals surface area (Å²) in [5.41, 5.74) is 10.7. The molecule has 0 aliphatic heterocycles. The Morgan fingerprint density at radius 3 is 1.73 bits per heavy atom. The van der Waals surface area contributed by atoms with E-state index in [-0.39, 0.29) is 0 Å². The molecule has 2 aromatic heterocycles. The molecule has 0 atom stereocenters. The molecule has 1 aliphatic rings. The van der Waals surface area contributed by atoms with Gasteiger partial charge in [0.25, 0.3) is 0 Å². The van der Waals surface area contributed by atoms with Crippen molar-refractivity contribution in [2.45, 2.75) is 0 Å². The highest BCUT2D eigenvalue weighted by atomic mass is 32.1. The third-order valence-electron chi connectivity index (χ3n) is 11.3. The van der Waals surface area contributed by atoms with E-state index < -0.39 is 0 Å². The van der Waals surface area contributed by atoms with E-state index in [1.807, 2.05) is 29.5 Å². The smallest absolute Gasteiger partial charge is 0.164 e. The van der Waals surface area contributed by atoms with Gasteiger partial charge in [0.2, 0.25) is 0 Å². The van der Waals surface area contributed by atoms with Crippen molar-refractivity contribution in [2.24, 2.45) is 0 Å². The van der Waals surface area contributed by atoms with Gasteiger partial charge in [0.1, 0.15) is 0 Å². The fourth-order valence-corrected chi connectivity index (χ4v) is 10.1. The highest BCUT2D eigenvalue weighted by Gasteiger charge is 2.25. The minimum atomic E-state index is 0.655. The molecule has 4 heteroatoms. The van der Waals surface area contributed by atoms with E-state index in [9.17, 15) is 0 Å². The van der Waals surface area contributed by atoms with Gasteiger partial charge < -0.3 is 0 Å². The van der Waals surface area contributed by atoms with Crippen LogP contribution in [-0.4, -0.2) is 15.0 Å². The van der Waals surface area contributed by atoms with E-state index in [2.05, 4.69) is 158 Å². The van der Waals surface area contributed by atoms with Crippen LogP contribution in [0.3, 0.4) is 0 Å². The van der Waals surface area contributed by atoms with Gasteiger partial charge in [-0.25, -0.2) is 15.0 Å². The minimum absolute atomic E-state index is 0.655. The van der Waals surface area contributed by atoms with E-state index in [1.165, 1.54) is 75.1 Å². The molecule has 0 N–H and O–H groups in total. The van der Waals surface area contributed by atoms with Crippen molar-refractivity contribution in [1.82, 2.24) is 15.0 Å². The summed E-state index contributed by atoms with van der Waals surface area (Å²) < 4.78 is 2.65. The fourth-order valence-electron chi connectivity index (χ4n) is 8.73. The molecule has 0 fully saturated rings. The molecule has 11 aromatic rings. The minimum Gasteiger partial charge on any atom is -0.208 e. The van der Waals surface area contributed by atoms with Crippen molar-refractivity contribution >= 4 is 63.8 Å². The first-order valence-corrected chi connectivity index (χ1v) is 19.4. The second-order valence-corrected chi connectivity index (χ2v) is 15.3. The number of hydrogen-bond acceptors (Lipinski definition) is 4. The van der Waals surface area contributed by atoms with Crippen LogP contribution in [0, 0.1) is 0 Å². The summed E-state index contributed by atoms with van der Waals surface area (Å²) in [7, 11) is 0. The van der Waals surface area contributed by atoms with Crippen LogP contribution < -0.4 is 0 Å². The zero-order valence-electron chi connectivity index (χ0n) is 29.5. The van der Waals surface area contributed by atoms with Crippen LogP contribution in [0.4, 0.5) is 0 Å². The number of hydrogen-bond donors (Lipinski definition) is 0. The Labute approximate surface area is 320 Å². The number of benzene rings is 9. The highest BCUT2D eigenvalue weighted by molar-refractivity contribution is 7.27. The van der Waals surface area contributed by atoms with Crippen molar-refractivity contribution in [3.8, 4) is 67.5 Å². The number of nitrogens with zero attached hydrogens (tertiary/aromatic N) is 3. The number of aromatic nitrogens is 3. The van der Waals surface area contributed by atoms with E-state index >= 15 is 0 Å². The predicted octanol–water partition coefficient (Wildman–Crippen LogP) is 14.0. The lowest BCUT2D eigenvalue weighted by molar-refractivity contribution is 1.08. The Hall–Kier alpha value is -7.01. The number of thiophene rings is 1. The first-order valence-electron chi connectivity index (χ1n) is 18.6. The summed E-state index contributed by atoms with van der Waals surface area (Å²) in [5.74, 6) is 1.97. The Morgan fingerprint density at radius 2 is 0.891 bits per heavy atom. The van der Waals surface area contributed by atoms with Gasteiger partial charge in [-0.1, -0.05) is 158 Å². The zero-order valence-corrected chi connectivity index (χ0v) is 30.3. The Bertz CT molecular complexity index is 3380. The zero-order chi connectivity index (χ0) is 36.0. The Balaban J connectivity index is 1.06. The lowest BCUT2D eigenvalue weighted by Crippen LogP contribution is -2.00. The van der Waals surface area contributed by atoms with E-state index in [1.54, 1.807) is 0 Å². The maximum absolute atomic E-state index is 5.18. The van der Waals surface area contributed by atoms with Crippen molar-refractivity contribution < 1.29 is 0 Å². The molecule has 0 saturated carbocycles. The van der Waals surface area contributed by atoms with Crippen LogP contribution >= 0.6 is 11.3 Å². The largest absolute Gasteiger partial charge is 0.208 e. The molecule has 0 bridgehead atoms. The fraction of sp³-hybridized carbons (Fsp3) is 0. The average molecular weight is 716 g/mol. The summed E-state index contributed by atoms with van der Waals surface area (Å²) in [6.07, 6.45) is 0. The Kier molecular flexibility index (Phi) is 6.50. The second-order valence-electron chi connectivity index (χ2n) is 14.3. The second kappa shape index (κ2) is 11.7. The molecule has 3 nitrogen and oxygen atoms in total. The van der Waals surface area contributed by atoms with Gasteiger partial charge in [0.05, 0.1) is 0 Å². The quantitative estimate of drug-likeness (QED) is 0.182.